The molecule has 0 radical (unpaired) electrons. The van der Waals surface area contributed by atoms with E-state index in [1.165, 1.54) is 0 Å². The van der Waals surface area contributed by atoms with Crippen LogP contribution in [-0.4, -0.2) is 16.9 Å². The van der Waals surface area contributed by atoms with Crippen LogP contribution in [-0.2, 0) is 0 Å². The summed E-state index contributed by atoms with van der Waals surface area (Å²) in [5, 5.41) is 7.29. The predicted octanol–water partition coefficient (Wildman–Crippen LogP) is 1.15. The smallest absolute Gasteiger partial charge is 0.148 e. The number of hydrogen-bond donors (Lipinski definition) is 2. The normalized spacial score (nSPS) is 10.1. The minimum absolute atomic E-state index is 0.00181. The third kappa shape index (κ3) is 2.43. The lowest BCUT2D eigenvalue weighted by Gasteiger charge is -2.12. The summed E-state index contributed by atoms with van der Waals surface area (Å²) >= 11 is 0. The largest absolute Gasteiger partial charge is 0.489 e. The highest BCUT2D eigenvalue weighted by atomic mass is 16.5. The molecular weight excluding hydrogens is 166 g/mol. The maximum Gasteiger partial charge on any atom is 0.148 e. The van der Waals surface area contributed by atoms with E-state index in [1.54, 1.807) is 18.5 Å². The molecule has 0 saturated heterocycles. The zero-order chi connectivity index (χ0) is 9.84. The van der Waals surface area contributed by atoms with Crippen molar-refractivity contribution in [3.63, 3.8) is 0 Å². The Kier molecular flexibility index (Phi) is 2.84. The van der Waals surface area contributed by atoms with E-state index in [0.717, 1.165) is 0 Å². The van der Waals surface area contributed by atoms with Crippen LogP contribution in [0.4, 0.5) is 0 Å². The monoisotopic (exact) mass is 179 g/mol. The van der Waals surface area contributed by atoms with Gasteiger partial charge in [0.25, 0.3) is 0 Å². The number of nitrogens with one attached hydrogen (secondary N) is 1. The van der Waals surface area contributed by atoms with E-state index in [0.29, 0.717) is 11.3 Å². The van der Waals surface area contributed by atoms with Crippen molar-refractivity contribution in [1.29, 1.82) is 5.41 Å². The summed E-state index contributed by atoms with van der Waals surface area (Å²) in [6.07, 6.45) is 3.21. The van der Waals surface area contributed by atoms with Crippen LogP contribution in [0.3, 0.4) is 0 Å². The number of hydrogen-bond acceptors (Lipinski definition) is 3. The van der Waals surface area contributed by atoms with Crippen LogP contribution < -0.4 is 10.5 Å². The molecule has 0 spiro atoms. The van der Waals surface area contributed by atoms with E-state index >= 15 is 0 Å². The van der Waals surface area contributed by atoms with Gasteiger partial charge in [-0.05, 0) is 19.9 Å². The first-order valence-electron chi connectivity index (χ1n) is 4.06. The van der Waals surface area contributed by atoms with Gasteiger partial charge in [-0.3, -0.25) is 10.4 Å². The highest BCUT2D eigenvalue weighted by Gasteiger charge is 2.06. The van der Waals surface area contributed by atoms with E-state index in [9.17, 15) is 0 Å². The van der Waals surface area contributed by atoms with Crippen LogP contribution in [0.1, 0.15) is 19.4 Å². The fraction of sp³-hybridized carbons (Fsp3) is 0.333. The van der Waals surface area contributed by atoms with Gasteiger partial charge in [0.2, 0.25) is 0 Å². The minimum atomic E-state index is -0.00181. The third-order valence-corrected chi connectivity index (χ3v) is 1.44. The van der Waals surface area contributed by atoms with Crippen molar-refractivity contribution in [1.82, 2.24) is 4.98 Å². The molecule has 0 aromatic carbocycles. The molecule has 0 fully saturated rings. The topological polar surface area (TPSA) is 72.0 Å². The fourth-order valence-electron chi connectivity index (χ4n) is 0.950. The Morgan fingerprint density at radius 2 is 2.31 bits per heavy atom. The lowest BCUT2D eigenvalue weighted by molar-refractivity contribution is 0.241. The van der Waals surface area contributed by atoms with Crippen molar-refractivity contribution < 1.29 is 4.74 Å². The quantitative estimate of drug-likeness (QED) is 0.540. The SMILES string of the molecule is CC(C)Oc1cnccc1C(=N)N. The van der Waals surface area contributed by atoms with Crippen LogP contribution in [0.25, 0.3) is 0 Å². The molecule has 3 N–H and O–H groups in total. The molecule has 13 heavy (non-hydrogen) atoms. The summed E-state index contributed by atoms with van der Waals surface area (Å²) in [6.45, 7) is 3.83. The summed E-state index contributed by atoms with van der Waals surface area (Å²) < 4.78 is 5.42. The molecule has 0 amide bonds. The minimum Gasteiger partial charge on any atom is -0.489 e. The van der Waals surface area contributed by atoms with E-state index in [2.05, 4.69) is 4.98 Å². The number of nitrogens with two attached hydrogens (primary N) is 1. The van der Waals surface area contributed by atoms with Gasteiger partial charge in [-0.1, -0.05) is 0 Å². The van der Waals surface area contributed by atoms with E-state index in [-0.39, 0.29) is 11.9 Å². The van der Waals surface area contributed by atoms with Gasteiger partial charge >= 0.3 is 0 Å². The number of aromatic nitrogens is 1. The summed E-state index contributed by atoms with van der Waals surface area (Å²) in [5.41, 5.74) is 5.95. The van der Waals surface area contributed by atoms with Crippen molar-refractivity contribution in [2.45, 2.75) is 20.0 Å². The second-order valence-corrected chi connectivity index (χ2v) is 2.95. The van der Waals surface area contributed by atoms with Crippen LogP contribution in [0.15, 0.2) is 18.5 Å². The molecule has 1 aromatic heterocycles. The lowest BCUT2D eigenvalue weighted by Crippen LogP contribution is -2.15. The standard InChI is InChI=1S/C9H13N3O/c1-6(2)13-8-5-12-4-3-7(8)9(10)11/h3-6H,1-2H3,(H3,10,11). The number of pyridine rings is 1. The van der Waals surface area contributed by atoms with Crippen molar-refractivity contribution in [3.8, 4) is 5.75 Å². The molecule has 0 aliphatic carbocycles. The Bertz CT molecular complexity index is 309. The Morgan fingerprint density at radius 3 is 2.85 bits per heavy atom. The molecular formula is C9H13N3O. The molecule has 70 valence electrons. The molecule has 4 nitrogen and oxygen atoms in total. The predicted molar refractivity (Wildman–Crippen MR) is 51.0 cm³/mol. The Balaban J connectivity index is 2.98. The Labute approximate surface area is 77.2 Å². The summed E-state index contributed by atoms with van der Waals surface area (Å²) in [6, 6.07) is 1.67. The molecule has 4 heteroatoms. The van der Waals surface area contributed by atoms with Crippen molar-refractivity contribution in [3.05, 3.63) is 24.0 Å². The molecule has 0 aliphatic heterocycles. The number of amidine groups is 1. The summed E-state index contributed by atoms with van der Waals surface area (Å²) in [7, 11) is 0. The Hall–Kier alpha value is -1.58. The highest BCUT2D eigenvalue weighted by Crippen LogP contribution is 2.16. The van der Waals surface area contributed by atoms with Crippen molar-refractivity contribution >= 4 is 5.84 Å². The zero-order valence-electron chi connectivity index (χ0n) is 7.74. The first-order valence-corrected chi connectivity index (χ1v) is 4.06. The molecule has 0 saturated carbocycles. The van der Waals surface area contributed by atoms with Gasteiger partial charge in [0.05, 0.1) is 17.9 Å². The highest BCUT2D eigenvalue weighted by molar-refractivity contribution is 5.97. The van der Waals surface area contributed by atoms with E-state index in [1.807, 2.05) is 13.8 Å². The molecule has 0 atom stereocenters. The van der Waals surface area contributed by atoms with Gasteiger partial charge in [0.15, 0.2) is 0 Å². The lowest BCUT2D eigenvalue weighted by atomic mass is 10.2. The maximum atomic E-state index is 7.29. The summed E-state index contributed by atoms with van der Waals surface area (Å²) in [5.74, 6) is 0.558. The molecule has 0 bridgehead atoms. The van der Waals surface area contributed by atoms with Gasteiger partial charge in [-0.2, -0.15) is 0 Å². The fourth-order valence-corrected chi connectivity index (χ4v) is 0.950. The maximum absolute atomic E-state index is 7.29. The van der Waals surface area contributed by atoms with Crippen LogP contribution in [0, 0.1) is 5.41 Å². The van der Waals surface area contributed by atoms with Gasteiger partial charge in [0, 0.05) is 6.20 Å². The molecule has 0 unspecified atom stereocenters. The van der Waals surface area contributed by atoms with Crippen LogP contribution >= 0.6 is 0 Å². The Morgan fingerprint density at radius 1 is 1.62 bits per heavy atom. The summed E-state index contributed by atoms with van der Waals surface area (Å²) in [4.78, 5) is 3.90. The number of nitrogens with zero attached hydrogens (tertiary/aromatic N) is 1. The van der Waals surface area contributed by atoms with Gasteiger partial charge in [-0.25, -0.2) is 0 Å². The van der Waals surface area contributed by atoms with E-state index in [4.69, 9.17) is 15.9 Å². The van der Waals surface area contributed by atoms with Crippen LogP contribution in [0.2, 0.25) is 0 Å². The average molecular weight is 179 g/mol. The zero-order valence-corrected chi connectivity index (χ0v) is 7.74. The molecule has 1 aromatic rings. The van der Waals surface area contributed by atoms with Crippen LogP contribution in [0.5, 0.6) is 5.75 Å². The molecule has 1 rings (SSSR count). The number of ether oxygens (including phenoxy) is 1. The molecule has 0 aliphatic rings. The second-order valence-electron chi connectivity index (χ2n) is 2.95. The third-order valence-electron chi connectivity index (χ3n) is 1.44. The van der Waals surface area contributed by atoms with Gasteiger partial charge in [0.1, 0.15) is 11.6 Å². The number of nitrogen functional groups attached to an aromatic ring is 1. The van der Waals surface area contributed by atoms with Gasteiger partial charge < -0.3 is 10.5 Å². The first-order chi connectivity index (χ1) is 6.11. The first kappa shape index (κ1) is 9.51. The van der Waals surface area contributed by atoms with Gasteiger partial charge in [-0.15, -0.1) is 0 Å². The van der Waals surface area contributed by atoms with E-state index < -0.39 is 0 Å². The second kappa shape index (κ2) is 3.89. The number of rotatable bonds is 3. The van der Waals surface area contributed by atoms with Crippen molar-refractivity contribution in [2.24, 2.45) is 5.73 Å². The molecule has 1 heterocycles. The average Bonchev–Trinajstić information content (AvgIpc) is 2.03. The van der Waals surface area contributed by atoms with Crippen molar-refractivity contribution in [2.75, 3.05) is 0 Å².